The molecule has 3 aliphatic carbocycles. The predicted octanol–water partition coefficient (Wildman–Crippen LogP) is 12.0. The SMILES string of the molecule is C=CCOC12Oc3ccc(OC(=O)NCCCCCCCCCCCC)cc3C3C(CCCCO)C(CCCCO)C=C(C(=NOCc4ccc([N+](=O)[O-])cc4)CC1N(Cc1ccc(F)cc1)C(=O)C1CC1)C32. The molecule has 3 aromatic carbocycles. The molecule has 3 N–H and O–H groups in total. The minimum Gasteiger partial charge on any atom is -0.459 e. The molecule has 0 aromatic heterocycles. The highest BCUT2D eigenvalue weighted by atomic mass is 19.1. The second-order valence-corrected chi connectivity index (χ2v) is 20.3. The van der Waals surface area contributed by atoms with Gasteiger partial charge in [-0.3, -0.25) is 14.9 Å². The van der Waals surface area contributed by atoms with Gasteiger partial charge >= 0.3 is 6.09 Å². The molecule has 1 heterocycles. The fourth-order valence-corrected chi connectivity index (χ4v) is 11.2. The highest BCUT2D eigenvalue weighted by molar-refractivity contribution is 6.03. The Bertz CT molecular complexity index is 2340. The van der Waals surface area contributed by atoms with Crippen molar-refractivity contribution in [2.75, 3.05) is 26.4 Å². The van der Waals surface area contributed by atoms with Crippen molar-refractivity contribution >= 4 is 23.4 Å². The summed E-state index contributed by atoms with van der Waals surface area (Å²) in [6.07, 6.45) is 21.0. The van der Waals surface area contributed by atoms with Crippen molar-refractivity contribution in [1.82, 2.24) is 10.2 Å². The molecule has 7 rings (SSSR count). The van der Waals surface area contributed by atoms with Crippen molar-refractivity contribution in [3.05, 3.63) is 124 Å². The van der Waals surface area contributed by atoms with Gasteiger partial charge in [-0.15, -0.1) is 6.58 Å². The van der Waals surface area contributed by atoms with E-state index in [0.29, 0.717) is 48.6 Å². The monoisotopic (exact) mass is 1010 g/mol. The number of nitrogens with one attached hydrogen (secondary N) is 1. The number of halogens is 1. The molecule has 2 saturated carbocycles. The lowest BCUT2D eigenvalue weighted by Crippen LogP contribution is -2.70. The van der Waals surface area contributed by atoms with E-state index in [1.54, 1.807) is 36.4 Å². The second-order valence-electron chi connectivity index (χ2n) is 20.3. The summed E-state index contributed by atoms with van der Waals surface area (Å²) < 4.78 is 34.9. The largest absolute Gasteiger partial charge is 0.459 e. The predicted molar refractivity (Wildman–Crippen MR) is 278 cm³/mol. The standard InChI is InChI=1S/C58H77FN4O10/c1-3-5-6-7-8-9-10-11-12-15-32-60-57(67)72-47-30-31-52-50(37-47)54-48(19-14-17-34-65)44(18-13-16-33-64)36-49-51(61-71-40-42-22-28-46(29-23-42)63(68)69)38-53(58(73-52,55(49)54)70-35-4-2)62(56(66)43-24-25-43)39-41-20-26-45(59)27-21-41/h4,20-23,26-31,36-37,43-44,48,53-55,64-65H,2-3,5-19,24-25,32-35,38-40H2,1H3,(H,60,67). The minimum absolute atomic E-state index is 0.0109. The van der Waals surface area contributed by atoms with Crippen LogP contribution in [0.5, 0.6) is 11.5 Å². The molecule has 3 aromatic rings. The summed E-state index contributed by atoms with van der Waals surface area (Å²) in [6.45, 7) is 7.06. The lowest BCUT2D eigenvalue weighted by atomic mass is 9.55. The van der Waals surface area contributed by atoms with Crippen molar-refractivity contribution in [2.45, 2.75) is 160 Å². The van der Waals surface area contributed by atoms with E-state index in [0.717, 1.165) is 68.1 Å². The average molecular weight is 1010 g/mol. The van der Waals surface area contributed by atoms with Crippen LogP contribution in [-0.2, 0) is 27.5 Å². The number of allylic oxidation sites excluding steroid dienone is 1. The Morgan fingerprint density at radius 1 is 0.904 bits per heavy atom. The molecule has 6 atom stereocenters. The van der Waals surface area contributed by atoms with E-state index in [4.69, 9.17) is 24.2 Å². The molecule has 396 valence electrons. The lowest BCUT2D eigenvalue weighted by molar-refractivity contribution is -0.384. The number of hydrogen-bond acceptors (Lipinski definition) is 11. The van der Waals surface area contributed by atoms with E-state index < -0.39 is 34.6 Å². The van der Waals surface area contributed by atoms with Crippen molar-refractivity contribution < 1.29 is 48.2 Å². The van der Waals surface area contributed by atoms with E-state index in [9.17, 15) is 34.3 Å². The third kappa shape index (κ3) is 14.6. The van der Waals surface area contributed by atoms with Crippen molar-refractivity contribution in [2.24, 2.45) is 28.8 Å². The summed E-state index contributed by atoms with van der Waals surface area (Å²) in [4.78, 5) is 47.3. The van der Waals surface area contributed by atoms with Crippen LogP contribution in [0, 0.1) is 39.6 Å². The first-order valence-corrected chi connectivity index (χ1v) is 27.0. The maximum absolute atomic E-state index is 14.9. The van der Waals surface area contributed by atoms with Crippen molar-refractivity contribution in [1.29, 1.82) is 0 Å². The number of aliphatic hydroxyl groups excluding tert-OH is 2. The number of non-ortho nitro benzene ring substituents is 1. The highest BCUT2D eigenvalue weighted by Gasteiger charge is 2.66. The van der Waals surface area contributed by atoms with Crippen LogP contribution in [0.15, 0.2) is 96.2 Å². The van der Waals surface area contributed by atoms with Crippen LogP contribution in [-0.4, -0.2) is 75.9 Å². The molecule has 0 spiro atoms. The van der Waals surface area contributed by atoms with Gasteiger partial charge in [-0.25, -0.2) is 9.18 Å². The number of hydrogen-bond donors (Lipinski definition) is 3. The Morgan fingerprint density at radius 2 is 1.58 bits per heavy atom. The van der Waals surface area contributed by atoms with Crippen LogP contribution in [0.4, 0.5) is 14.9 Å². The number of aliphatic hydroxyl groups is 2. The number of amides is 2. The average Bonchev–Trinajstić information content (AvgIpc) is 4.25. The van der Waals surface area contributed by atoms with E-state index in [-0.39, 0.29) is 74.7 Å². The molecular weight excluding hydrogens is 932 g/mol. The Morgan fingerprint density at radius 3 is 2.23 bits per heavy atom. The first-order valence-electron chi connectivity index (χ1n) is 27.0. The van der Waals surface area contributed by atoms with E-state index in [1.165, 1.54) is 69.2 Å². The lowest BCUT2D eigenvalue weighted by Gasteiger charge is -2.60. The fraction of sp³-hybridized carbons (Fsp3) is 0.569. The van der Waals surface area contributed by atoms with Crippen molar-refractivity contribution in [3.63, 3.8) is 0 Å². The molecular formula is C58H77FN4O10. The third-order valence-electron chi connectivity index (χ3n) is 15.1. The Balaban J connectivity index is 1.28. The summed E-state index contributed by atoms with van der Waals surface area (Å²) in [5, 5.41) is 39.3. The molecule has 15 heteroatoms. The zero-order valence-electron chi connectivity index (χ0n) is 42.7. The van der Waals surface area contributed by atoms with Crippen LogP contribution < -0.4 is 14.8 Å². The zero-order chi connectivity index (χ0) is 51.6. The first kappa shape index (κ1) is 55.1. The Hall–Kier alpha value is -5.64. The van der Waals surface area contributed by atoms with E-state index >= 15 is 0 Å². The number of ether oxygens (including phenoxy) is 3. The molecule has 0 radical (unpaired) electrons. The van der Waals surface area contributed by atoms with Gasteiger partial charge in [-0.1, -0.05) is 107 Å². The van der Waals surface area contributed by atoms with Gasteiger partial charge in [0.2, 0.25) is 11.7 Å². The zero-order valence-corrected chi connectivity index (χ0v) is 42.7. The Kier molecular flexibility index (Phi) is 20.8. The quantitative estimate of drug-likeness (QED) is 0.0243. The van der Waals surface area contributed by atoms with Gasteiger partial charge in [0.05, 0.1) is 23.2 Å². The molecule has 73 heavy (non-hydrogen) atoms. The van der Waals surface area contributed by atoms with Crippen LogP contribution in [0.2, 0.25) is 0 Å². The number of benzene rings is 3. The summed E-state index contributed by atoms with van der Waals surface area (Å²) in [5.41, 5.74) is 3.56. The number of carbonyl (C=O) groups excluding carboxylic acids is 2. The molecule has 2 amide bonds. The summed E-state index contributed by atoms with van der Waals surface area (Å²) >= 11 is 0. The van der Waals surface area contributed by atoms with Crippen LogP contribution in [0.1, 0.15) is 152 Å². The van der Waals surface area contributed by atoms with E-state index in [2.05, 4.69) is 24.9 Å². The van der Waals surface area contributed by atoms with Gasteiger partial charge in [-0.05, 0) is 116 Å². The maximum atomic E-state index is 14.9. The number of nitro benzene ring substituents is 1. The molecule has 6 unspecified atom stereocenters. The summed E-state index contributed by atoms with van der Waals surface area (Å²) in [6, 6.07) is 16.9. The number of nitro groups is 1. The molecule has 2 fully saturated rings. The molecule has 0 saturated heterocycles. The highest BCUT2D eigenvalue weighted by Crippen LogP contribution is 2.62. The first-order chi connectivity index (χ1) is 35.6. The molecule has 4 aliphatic rings. The minimum atomic E-state index is -1.53. The number of unbranched alkanes of at least 4 members (excludes halogenated alkanes) is 11. The van der Waals surface area contributed by atoms with Gasteiger partial charge < -0.3 is 39.5 Å². The normalized spacial score (nSPS) is 22.3. The van der Waals surface area contributed by atoms with Gasteiger partial charge in [0.15, 0.2) is 0 Å². The van der Waals surface area contributed by atoms with Crippen molar-refractivity contribution in [3.8, 4) is 11.5 Å². The maximum Gasteiger partial charge on any atom is 0.412 e. The molecule has 1 aliphatic heterocycles. The fourth-order valence-electron chi connectivity index (χ4n) is 11.2. The van der Waals surface area contributed by atoms with Crippen LogP contribution >= 0.6 is 0 Å². The van der Waals surface area contributed by atoms with Gasteiger partial charge in [-0.2, -0.15) is 0 Å². The van der Waals surface area contributed by atoms with Gasteiger partial charge in [0.1, 0.15) is 30.0 Å². The number of carbonyl (C=O) groups is 2. The third-order valence-corrected chi connectivity index (χ3v) is 15.1. The van der Waals surface area contributed by atoms with Crippen LogP contribution in [0.25, 0.3) is 0 Å². The molecule has 14 nitrogen and oxygen atoms in total. The number of oxime groups is 1. The van der Waals surface area contributed by atoms with Crippen LogP contribution in [0.3, 0.4) is 0 Å². The van der Waals surface area contributed by atoms with Gasteiger partial charge in [0.25, 0.3) is 5.69 Å². The second kappa shape index (κ2) is 27.6. The van der Waals surface area contributed by atoms with Gasteiger partial charge in [0, 0.05) is 62.3 Å². The number of nitrogens with zero attached hydrogens (tertiary/aromatic N) is 3. The Labute approximate surface area is 430 Å². The molecule has 0 bridgehead atoms. The topological polar surface area (TPSA) is 182 Å². The number of fused-ring (bicyclic) bond motifs is 2. The van der Waals surface area contributed by atoms with E-state index in [1.807, 2.05) is 17.0 Å². The summed E-state index contributed by atoms with van der Waals surface area (Å²) in [7, 11) is 0. The smallest absolute Gasteiger partial charge is 0.412 e. The number of rotatable bonds is 31. The summed E-state index contributed by atoms with van der Waals surface area (Å²) in [5.74, 6) is -2.45.